The number of benzene rings is 1. The lowest BCUT2D eigenvalue weighted by Crippen LogP contribution is -2.38. The number of likely N-dealkylation sites (N-methyl/N-ethyl adjacent to an activating group) is 1. The lowest BCUT2D eigenvalue weighted by molar-refractivity contribution is 0.0978. The second-order valence-corrected chi connectivity index (χ2v) is 5.04. The minimum atomic E-state index is -0.0111. The first-order valence-corrected chi connectivity index (χ1v) is 6.65. The summed E-state index contributed by atoms with van der Waals surface area (Å²) in [5.74, 6) is 1.20. The first kappa shape index (κ1) is 13.9. The fraction of sp³-hybridized carbons (Fsp3) is 0.533. The molecule has 1 saturated heterocycles. The average molecular weight is 263 g/mol. The maximum atomic E-state index is 11.6. The zero-order chi connectivity index (χ0) is 13.8. The van der Waals surface area contributed by atoms with Crippen LogP contribution in [0, 0.1) is 0 Å². The molecule has 4 nitrogen and oxygen atoms in total. The van der Waals surface area contributed by atoms with Gasteiger partial charge in [-0.2, -0.15) is 0 Å². The molecule has 1 atom stereocenters. The number of ether oxygens (including phenoxy) is 2. The highest BCUT2D eigenvalue weighted by atomic mass is 16.5. The van der Waals surface area contributed by atoms with Crippen molar-refractivity contribution in [2.75, 3.05) is 27.2 Å². The maximum absolute atomic E-state index is 11.6. The Hall–Kier alpha value is -1.55. The van der Waals surface area contributed by atoms with Crippen molar-refractivity contribution in [3.63, 3.8) is 0 Å². The van der Waals surface area contributed by atoms with Crippen LogP contribution in [0.25, 0.3) is 0 Å². The summed E-state index contributed by atoms with van der Waals surface area (Å²) >= 11 is 0. The Morgan fingerprint density at radius 3 is 2.84 bits per heavy atom. The van der Waals surface area contributed by atoms with Crippen LogP contribution in [0.1, 0.15) is 30.1 Å². The second kappa shape index (κ2) is 6.06. The molecule has 1 unspecified atom stereocenters. The number of rotatable bonds is 4. The molecule has 1 aliphatic heterocycles. The zero-order valence-corrected chi connectivity index (χ0v) is 11.8. The Morgan fingerprint density at radius 2 is 2.21 bits per heavy atom. The van der Waals surface area contributed by atoms with Crippen LogP contribution in [-0.2, 0) is 0 Å². The first-order chi connectivity index (χ1) is 9.11. The minimum absolute atomic E-state index is 0.0111. The SMILES string of the molecule is COc1c(OC2CCCN(C)C2)cccc1C(C)=O. The van der Waals surface area contributed by atoms with Crippen molar-refractivity contribution >= 4 is 5.78 Å². The number of Topliss-reactive ketones (excluding diaryl/α,β-unsaturated/α-hetero) is 1. The molecular weight excluding hydrogens is 242 g/mol. The van der Waals surface area contributed by atoms with Crippen molar-refractivity contribution in [3.8, 4) is 11.5 Å². The van der Waals surface area contributed by atoms with Gasteiger partial charge < -0.3 is 14.4 Å². The molecule has 1 fully saturated rings. The molecule has 1 aliphatic rings. The molecule has 0 radical (unpaired) electrons. The number of carbonyl (C=O) groups excluding carboxylic acids is 1. The molecule has 0 bridgehead atoms. The van der Waals surface area contributed by atoms with Crippen LogP contribution >= 0.6 is 0 Å². The van der Waals surface area contributed by atoms with Crippen LogP contribution in [0.5, 0.6) is 11.5 Å². The maximum Gasteiger partial charge on any atom is 0.171 e. The van der Waals surface area contributed by atoms with E-state index in [9.17, 15) is 4.79 Å². The highest BCUT2D eigenvalue weighted by molar-refractivity contribution is 5.97. The van der Waals surface area contributed by atoms with Gasteiger partial charge >= 0.3 is 0 Å². The van der Waals surface area contributed by atoms with E-state index in [1.54, 1.807) is 13.2 Å². The van der Waals surface area contributed by atoms with Gasteiger partial charge in [0.1, 0.15) is 6.10 Å². The van der Waals surface area contributed by atoms with Crippen molar-refractivity contribution in [1.82, 2.24) is 4.90 Å². The lowest BCUT2D eigenvalue weighted by Gasteiger charge is -2.30. The number of likely N-dealkylation sites (tertiary alicyclic amines) is 1. The van der Waals surface area contributed by atoms with E-state index < -0.39 is 0 Å². The summed E-state index contributed by atoms with van der Waals surface area (Å²) in [4.78, 5) is 13.8. The first-order valence-electron chi connectivity index (χ1n) is 6.65. The summed E-state index contributed by atoms with van der Waals surface area (Å²) < 4.78 is 11.4. The molecule has 4 heteroatoms. The molecular formula is C15H21NO3. The number of para-hydroxylation sites is 1. The number of piperidine rings is 1. The van der Waals surface area contributed by atoms with E-state index in [-0.39, 0.29) is 11.9 Å². The van der Waals surface area contributed by atoms with Crippen molar-refractivity contribution in [2.24, 2.45) is 0 Å². The predicted octanol–water partition coefficient (Wildman–Crippen LogP) is 2.37. The molecule has 0 N–H and O–H groups in total. The highest BCUT2D eigenvalue weighted by Gasteiger charge is 2.21. The molecule has 0 aromatic heterocycles. The van der Waals surface area contributed by atoms with Gasteiger partial charge in [-0.15, -0.1) is 0 Å². The minimum Gasteiger partial charge on any atom is -0.492 e. The summed E-state index contributed by atoms with van der Waals surface area (Å²) in [6.45, 7) is 3.56. The zero-order valence-electron chi connectivity index (χ0n) is 11.8. The number of carbonyl (C=O) groups is 1. The van der Waals surface area contributed by atoms with Crippen molar-refractivity contribution in [2.45, 2.75) is 25.9 Å². The van der Waals surface area contributed by atoms with Crippen molar-refractivity contribution in [1.29, 1.82) is 0 Å². The summed E-state index contributed by atoms with van der Waals surface area (Å²) in [7, 11) is 3.67. The third-order valence-corrected chi connectivity index (χ3v) is 3.44. The van der Waals surface area contributed by atoms with E-state index >= 15 is 0 Å². The third-order valence-electron chi connectivity index (χ3n) is 3.44. The standard InChI is InChI=1S/C15H21NO3/c1-11(17)13-7-4-8-14(15(13)18-3)19-12-6-5-9-16(2)10-12/h4,7-8,12H,5-6,9-10H2,1-3H3. The van der Waals surface area contributed by atoms with Gasteiger partial charge in [0.05, 0.1) is 12.7 Å². The largest absolute Gasteiger partial charge is 0.492 e. The smallest absolute Gasteiger partial charge is 0.171 e. The van der Waals surface area contributed by atoms with E-state index in [4.69, 9.17) is 9.47 Å². The van der Waals surface area contributed by atoms with E-state index in [2.05, 4.69) is 11.9 Å². The van der Waals surface area contributed by atoms with Crippen LogP contribution in [0.15, 0.2) is 18.2 Å². The quantitative estimate of drug-likeness (QED) is 0.782. The normalized spacial score (nSPS) is 20.1. The van der Waals surface area contributed by atoms with E-state index in [1.165, 1.54) is 6.92 Å². The van der Waals surface area contributed by atoms with Crippen molar-refractivity contribution in [3.05, 3.63) is 23.8 Å². The van der Waals surface area contributed by atoms with Crippen LogP contribution in [-0.4, -0.2) is 44.0 Å². The molecule has 2 rings (SSSR count). The van der Waals surface area contributed by atoms with E-state index in [0.29, 0.717) is 17.1 Å². The topological polar surface area (TPSA) is 38.8 Å². The van der Waals surface area contributed by atoms with Crippen molar-refractivity contribution < 1.29 is 14.3 Å². The molecule has 104 valence electrons. The van der Waals surface area contributed by atoms with Gasteiger partial charge in [0, 0.05) is 6.54 Å². The molecule has 0 spiro atoms. The van der Waals surface area contributed by atoms with Crippen LogP contribution < -0.4 is 9.47 Å². The summed E-state index contributed by atoms with van der Waals surface area (Å²) in [6, 6.07) is 5.46. The van der Waals surface area contributed by atoms with Gasteiger partial charge in [-0.05, 0) is 45.5 Å². The van der Waals surface area contributed by atoms with Crippen LogP contribution in [0.4, 0.5) is 0 Å². The van der Waals surface area contributed by atoms with Crippen LogP contribution in [0.3, 0.4) is 0 Å². The molecule has 19 heavy (non-hydrogen) atoms. The summed E-state index contributed by atoms with van der Waals surface area (Å²) in [6.07, 6.45) is 2.34. The third kappa shape index (κ3) is 3.26. The predicted molar refractivity (Wildman–Crippen MR) is 74.1 cm³/mol. The molecule has 0 saturated carbocycles. The Labute approximate surface area is 114 Å². The monoisotopic (exact) mass is 263 g/mol. The van der Waals surface area contributed by atoms with Gasteiger partial charge in [-0.25, -0.2) is 0 Å². The lowest BCUT2D eigenvalue weighted by atomic mass is 10.1. The van der Waals surface area contributed by atoms with Gasteiger partial charge in [0.2, 0.25) is 0 Å². The number of hydrogen-bond donors (Lipinski definition) is 0. The van der Waals surface area contributed by atoms with Gasteiger partial charge in [0.15, 0.2) is 17.3 Å². The van der Waals surface area contributed by atoms with E-state index in [1.807, 2.05) is 12.1 Å². The Morgan fingerprint density at radius 1 is 1.42 bits per heavy atom. The van der Waals surface area contributed by atoms with Gasteiger partial charge in [-0.1, -0.05) is 6.07 Å². The average Bonchev–Trinajstić information content (AvgIpc) is 2.38. The second-order valence-electron chi connectivity index (χ2n) is 5.04. The number of nitrogens with zero attached hydrogens (tertiary/aromatic N) is 1. The molecule has 0 amide bonds. The fourth-order valence-corrected chi connectivity index (χ4v) is 2.49. The van der Waals surface area contributed by atoms with Gasteiger partial charge in [-0.3, -0.25) is 4.79 Å². The Bertz CT molecular complexity index is 459. The summed E-state index contributed by atoms with van der Waals surface area (Å²) in [5, 5.41) is 0. The van der Waals surface area contributed by atoms with Crippen LogP contribution in [0.2, 0.25) is 0 Å². The molecule has 1 aromatic carbocycles. The van der Waals surface area contributed by atoms with E-state index in [0.717, 1.165) is 25.9 Å². The Balaban J connectivity index is 2.19. The number of methoxy groups -OCH3 is 1. The Kier molecular flexibility index (Phi) is 4.43. The number of ketones is 1. The summed E-state index contributed by atoms with van der Waals surface area (Å²) in [5.41, 5.74) is 0.573. The fourth-order valence-electron chi connectivity index (χ4n) is 2.49. The van der Waals surface area contributed by atoms with Gasteiger partial charge in [0.25, 0.3) is 0 Å². The molecule has 1 aromatic rings. The number of hydrogen-bond acceptors (Lipinski definition) is 4. The highest BCUT2D eigenvalue weighted by Crippen LogP contribution is 2.33. The molecule has 1 heterocycles. The molecule has 0 aliphatic carbocycles.